The van der Waals surface area contributed by atoms with Crippen LogP contribution in [-0.4, -0.2) is 16.5 Å². The van der Waals surface area contributed by atoms with Crippen molar-refractivity contribution in [1.29, 1.82) is 0 Å². The molecule has 0 aliphatic heterocycles. The van der Waals surface area contributed by atoms with Gasteiger partial charge in [0.25, 0.3) is 0 Å². The summed E-state index contributed by atoms with van der Waals surface area (Å²) < 4.78 is 1.10. The van der Waals surface area contributed by atoms with Gasteiger partial charge in [-0.25, -0.2) is 9.97 Å². The van der Waals surface area contributed by atoms with Crippen LogP contribution in [0.2, 0.25) is 0 Å². The highest BCUT2D eigenvalue weighted by atomic mass is 79.9. The average molecular weight is 326 g/mol. The van der Waals surface area contributed by atoms with Gasteiger partial charge in [-0.15, -0.1) is 11.3 Å². The summed E-state index contributed by atoms with van der Waals surface area (Å²) in [7, 11) is 0. The van der Waals surface area contributed by atoms with E-state index in [4.69, 9.17) is 0 Å². The lowest BCUT2D eigenvalue weighted by Gasteiger charge is -2.12. The summed E-state index contributed by atoms with van der Waals surface area (Å²) in [6.45, 7) is 5.23. The van der Waals surface area contributed by atoms with Crippen LogP contribution in [0.1, 0.15) is 25.8 Å². The number of hydrogen-bond donors (Lipinski definition) is 1. The Bertz CT molecular complexity index is 525. The van der Waals surface area contributed by atoms with E-state index in [-0.39, 0.29) is 0 Å². The van der Waals surface area contributed by atoms with Gasteiger partial charge in [0.15, 0.2) is 0 Å². The molecule has 0 fully saturated rings. The first-order chi connectivity index (χ1) is 8.77. The second-order valence-electron chi connectivity index (χ2n) is 3.93. The van der Waals surface area contributed by atoms with Crippen molar-refractivity contribution in [3.8, 4) is 10.6 Å². The van der Waals surface area contributed by atoms with Gasteiger partial charge in [-0.05, 0) is 40.2 Å². The zero-order chi connectivity index (χ0) is 13.0. The largest absolute Gasteiger partial charge is 0.370 e. The Morgan fingerprint density at radius 3 is 2.78 bits per heavy atom. The smallest absolute Gasteiger partial charge is 0.133 e. The topological polar surface area (TPSA) is 37.8 Å². The third-order valence-corrected chi connectivity index (χ3v) is 4.52. The minimum absolute atomic E-state index is 0.923. The summed E-state index contributed by atoms with van der Waals surface area (Å²) in [6, 6.07) is 2.06. The molecular weight excluding hydrogens is 310 g/mol. The molecule has 3 nitrogen and oxygen atoms in total. The minimum atomic E-state index is 0.923. The molecule has 0 radical (unpaired) electrons. The van der Waals surface area contributed by atoms with E-state index in [1.165, 1.54) is 10.4 Å². The van der Waals surface area contributed by atoms with Crippen LogP contribution in [-0.2, 0) is 6.42 Å². The van der Waals surface area contributed by atoms with Crippen molar-refractivity contribution in [2.24, 2.45) is 0 Å². The third kappa shape index (κ3) is 2.72. The molecule has 18 heavy (non-hydrogen) atoms. The zero-order valence-corrected chi connectivity index (χ0v) is 12.9. The number of anilines is 1. The van der Waals surface area contributed by atoms with Crippen LogP contribution in [0.3, 0.4) is 0 Å². The molecule has 0 bridgehead atoms. The summed E-state index contributed by atoms with van der Waals surface area (Å²) in [5.41, 5.74) is 2.22. The van der Waals surface area contributed by atoms with Crippen molar-refractivity contribution in [1.82, 2.24) is 9.97 Å². The SMILES string of the molecule is CCCNc1ncnc(-c2sccc2Br)c1CC. The lowest BCUT2D eigenvalue weighted by molar-refractivity contribution is 0.950. The van der Waals surface area contributed by atoms with E-state index in [0.29, 0.717) is 0 Å². The molecule has 0 atom stereocenters. The second-order valence-corrected chi connectivity index (χ2v) is 5.70. The molecule has 0 unspecified atom stereocenters. The van der Waals surface area contributed by atoms with Crippen molar-refractivity contribution in [2.75, 3.05) is 11.9 Å². The predicted molar refractivity (Wildman–Crippen MR) is 81.2 cm³/mol. The van der Waals surface area contributed by atoms with Crippen molar-refractivity contribution in [3.05, 3.63) is 27.8 Å². The molecule has 2 heterocycles. The van der Waals surface area contributed by atoms with Crippen molar-refractivity contribution < 1.29 is 0 Å². The van der Waals surface area contributed by atoms with Crippen LogP contribution in [0.5, 0.6) is 0 Å². The van der Waals surface area contributed by atoms with Crippen LogP contribution in [0.25, 0.3) is 10.6 Å². The molecule has 0 aliphatic rings. The maximum absolute atomic E-state index is 4.45. The number of halogens is 1. The van der Waals surface area contributed by atoms with Gasteiger partial charge < -0.3 is 5.32 Å². The lowest BCUT2D eigenvalue weighted by Crippen LogP contribution is -2.07. The van der Waals surface area contributed by atoms with Gasteiger partial charge in [-0.2, -0.15) is 0 Å². The summed E-state index contributed by atoms with van der Waals surface area (Å²) in [4.78, 5) is 9.98. The van der Waals surface area contributed by atoms with Gasteiger partial charge in [-0.3, -0.25) is 0 Å². The molecule has 0 saturated heterocycles. The third-order valence-electron chi connectivity index (χ3n) is 2.67. The Hall–Kier alpha value is -0.940. The van der Waals surface area contributed by atoms with E-state index in [0.717, 1.165) is 35.4 Å². The van der Waals surface area contributed by atoms with Gasteiger partial charge in [0, 0.05) is 16.6 Å². The van der Waals surface area contributed by atoms with Crippen molar-refractivity contribution in [3.63, 3.8) is 0 Å². The normalized spacial score (nSPS) is 10.6. The quantitative estimate of drug-likeness (QED) is 0.887. The first kappa shape index (κ1) is 13.5. The molecule has 0 aromatic carbocycles. The average Bonchev–Trinajstić information content (AvgIpc) is 2.81. The molecule has 1 N–H and O–H groups in total. The standard InChI is InChI=1S/C13H16BrN3S/c1-3-6-15-13-9(4-2)11(16-8-17-13)12-10(14)5-7-18-12/h5,7-8H,3-4,6H2,1-2H3,(H,15,16,17). The number of rotatable bonds is 5. The van der Waals surface area contributed by atoms with Gasteiger partial charge in [0.1, 0.15) is 12.1 Å². The van der Waals surface area contributed by atoms with E-state index in [2.05, 4.69) is 56.5 Å². The molecule has 0 spiro atoms. The zero-order valence-electron chi connectivity index (χ0n) is 10.5. The first-order valence-corrected chi connectivity index (χ1v) is 7.76. The number of aromatic nitrogens is 2. The highest BCUT2D eigenvalue weighted by Crippen LogP contribution is 2.35. The lowest BCUT2D eigenvalue weighted by atomic mass is 10.1. The molecule has 0 aliphatic carbocycles. The fourth-order valence-corrected chi connectivity index (χ4v) is 3.38. The van der Waals surface area contributed by atoms with E-state index in [9.17, 15) is 0 Å². The molecular formula is C13H16BrN3S. The molecule has 0 amide bonds. The highest BCUT2D eigenvalue weighted by Gasteiger charge is 2.14. The van der Waals surface area contributed by atoms with Crippen molar-refractivity contribution in [2.45, 2.75) is 26.7 Å². The summed E-state index contributed by atoms with van der Waals surface area (Å²) in [5.74, 6) is 0.963. The molecule has 2 rings (SSSR count). The van der Waals surface area contributed by atoms with Gasteiger partial charge >= 0.3 is 0 Å². The van der Waals surface area contributed by atoms with Gasteiger partial charge in [0.2, 0.25) is 0 Å². The molecule has 96 valence electrons. The minimum Gasteiger partial charge on any atom is -0.370 e. The van der Waals surface area contributed by atoms with E-state index < -0.39 is 0 Å². The van der Waals surface area contributed by atoms with Crippen LogP contribution in [0, 0.1) is 0 Å². The van der Waals surface area contributed by atoms with E-state index in [1.54, 1.807) is 17.7 Å². The monoisotopic (exact) mass is 325 g/mol. The molecule has 2 aromatic rings. The number of nitrogens with zero attached hydrogens (tertiary/aromatic N) is 2. The predicted octanol–water partition coefficient (Wildman–Crippen LogP) is 4.35. The van der Waals surface area contributed by atoms with Crippen LogP contribution < -0.4 is 5.32 Å². The second kappa shape index (κ2) is 6.29. The first-order valence-electron chi connectivity index (χ1n) is 6.09. The maximum atomic E-state index is 4.45. The number of hydrogen-bond acceptors (Lipinski definition) is 4. The molecule has 0 saturated carbocycles. The Kier molecular flexibility index (Phi) is 4.72. The van der Waals surface area contributed by atoms with Crippen LogP contribution in [0.15, 0.2) is 22.2 Å². The Balaban J connectivity index is 2.45. The summed E-state index contributed by atoms with van der Waals surface area (Å²) in [5, 5.41) is 5.44. The summed E-state index contributed by atoms with van der Waals surface area (Å²) >= 11 is 5.27. The Morgan fingerprint density at radius 1 is 1.33 bits per heavy atom. The van der Waals surface area contributed by atoms with Crippen molar-refractivity contribution >= 4 is 33.1 Å². The molecule has 2 aromatic heterocycles. The van der Waals surface area contributed by atoms with Crippen LogP contribution in [0.4, 0.5) is 5.82 Å². The number of nitrogens with one attached hydrogen (secondary N) is 1. The maximum Gasteiger partial charge on any atom is 0.133 e. The van der Waals surface area contributed by atoms with Gasteiger partial charge in [-0.1, -0.05) is 13.8 Å². The number of thiophene rings is 1. The highest BCUT2D eigenvalue weighted by molar-refractivity contribution is 9.10. The molecule has 5 heteroatoms. The van der Waals surface area contributed by atoms with E-state index in [1.807, 2.05) is 0 Å². The Morgan fingerprint density at radius 2 is 2.17 bits per heavy atom. The fourth-order valence-electron chi connectivity index (χ4n) is 1.80. The Labute approximate surface area is 120 Å². The van der Waals surface area contributed by atoms with E-state index >= 15 is 0 Å². The van der Waals surface area contributed by atoms with Gasteiger partial charge in [0.05, 0.1) is 10.6 Å². The van der Waals surface area contributed by atoms with Crippen LogP contribution >= 0.6 is 27.3 Å². The fraction of sp³-hybridized carbons (Fsp3) is 0.385. The summed E-state index contributed by atoms with van der Waals surface area (Å²) in [6.07, 6.45) is 3.65.